The van der Waals surface area contributed by atoms with Gasteiger partial charge in [0.15, 0.2) is 11.6 Å². The number of hydrogen-bond acceptors (Lipinski definition) is 9. The first kappa shape index (κ1) is 27.6. The number of amides is 1. The molecule has 0 bridgehead atoms. The summed E-state index contributed by atoms with van der Waals surface area (Å²) in [6.07, 6.45) is 5.17. The van der Waals surface area contributed by atoms with E-state index in [1.54, 1.807) is 18.2 Å². The van der Waals surface area contributed by atoms with Crippen LogP contribution in [0.4, 0.5) is 17.2 Å². The highest BCUT2D eigenvalue weighted by Gasteiger charge is 2.44. The fraction of sp³-hybridized carbons (Fsp3) is 0.556. The maximum atomic E-state index is 13.5. The molecule has 0 radical (unpaired) electrons. The van der Waals surface area contributed by atoms with Crippen molar-refractivity contribution >= 4 is 33.1 Å². The van der Waals surface area contributed by atoms with Gasteiger partial charge in [0.25, 0.3) is 5.91 Å². The third kappa shape index (κ3) is 5.98. The number of fused-ring (bicyclic) bond motifs is 1. The molecule has 2 aliphatic heterocycles. The van der Waals surface area contributed by atoms with Crippen LogP contribution in [0, 0.1) is 5.41 Å². The van der Waals surface area contributed by atoms with Crippen LogP contribution in [0.5, 0.6) is 5.75 Å². The van der Waals surface area contributed by atoms with Crippen molar-refractivity contribution < 1.29 is 28.2 Å². The van der Waals surface area contributed by atoms with Crippen molar-refractivity contribution in [3.63, 3.8) is 0 Å². The van der Waals surface area contributed by atoms with Gasteiger partial charge in [-0.3, -0.25) is 4.79 Å². The summed E-state index contributed by atoms with van der Waals surface area (Å²) in [6, 6.07) is 6.35. The molecule has 12 heteroatoms. The molecule has 0 atom stereocenters. The van der Waals surface area contributed by atoms with E-state index in [0.29, 0.717) is 41.4 Å². The second kappa shape index (κ2) is 10.6. The van der Waals surface area contributed by atoms with E-state index in [9.17, 15) is 18.3 Å². The number of pyridine rings is 1. The molecule has 1 spiro atoms. The van der Waals surface area contributed by atoms with E-state index >= 15 is 0 Å². The van der Waals surface area contributed by atoms with Gasteiger partial charge >= 0.3 is 0 Å². The summed E-state index contributed by atoms with van der Waals surface area (Å²) in [7, 11) is -3.83. The van der Waals surface area contributed by atoms with Gasteiger partial charge in [-0.1, -0.05) is 0 Å². The van der Waals surface area contributed by atoms with Gasteiger partial charge in [0.05, 0.1) is 41.6 Å². The topological polar surface area (TPSA) is 153 Å². The molecule has 1 saturated heterocycles. The van der Waals surface area contributed by atoms with Gasteiger partial charge in [0, 0.05) is 31.6 Å². The number of aliphatic hydroxyl groups is 2. The highest BCUT2D eigenvalue weighted by molar-refractivity contribution is 7.89. The summed E-state index contributed by atoms with van der Waals surface area (Å²) >= 11 is 0. The van der Waals surface area contributed by atoms with Gasteiger partial charge in [-0.2, -0.15) is 0 Å². The number of hydrogen-bond donors (Lipinski definition) is 5. The van der Waals surface area contributed by atoms with E-state index in [-0.39, 0.29) is 30.3 Å². The number of rotatable bonds is 10. The monoisotopic (exact) mass is 559 g/mol. The number of nitrogens with zero attached hydrogens (tertiary/aromatic N) is 2. The van der Waals surface area contributed by atoms with Gasteiger partial charge in [0.2, 0.25) is 10.0 Å². The highest BCUT2D eigenvalue weighted by Crippen LogP contribution is 2.54. The van der Waals surface area contributed by atoms with Crippen LogP contribution in [-0.4, -0.2) is 74.5 Å². The van der Waals surface area contributed by atoms with Gasteiger partial charge in [-0.25, -0.2) is 18.1 Å². The van der Waals surface area contributed by atoms with Crippen molar-refractivity contribution in [3.05, 3.63) is 35.5 Å². The molecule has 1 aromatic heterocycles. The van der Waals surface area contributed by atoms with Crippen molar-refractivity contribution in [3.8, 4) is 5.75 Å². The number of carbonyl (C=O) groups is 1. The molecule has 3 heterocycles. The van der Waals surface area contributed by atoms with Crippen molar-refractivity contribution in [2.75, 3.05) is 55.0 Å². The average molecular weight is 560 g/mol. The highest BCUT2D eigenvalue weighted by atomic mass is 32.2. The Hall–Kier alpha value is -2.93. The summed E-state index contributed by atoms with van der Waals surface area (Å²) in [6.45, 7) is 5.15. The number of nitrogens with one attached hydrogen (secondary N) is 3. The van der Waals surface area contributed by atoms with Crippen molar-refractivity contribution in [2.24, 2.45) is 5.41 Å². The van der Waals surface area contributed by atoms with Crippen LogP contribution < -0.4 is 25.0 Å². The first-order valence-electron chi connectivity index (χ1n) is 13.4. The van der Waals surface area contributed by atoms with Gasteiger partial charge < -0.3 is 30.5 Å². The van der Waals surface area contributed by atoms with Crippen molar-refractivity contribution in [1.82, 2.24) is 9.71 Å². The smallest absolute Gasteiger partial charge is 0.274 e. The number of carbonyl (C=O) groups excluding carboxylic acids is 1. The van der Waals surface area contributed by atoms with E-state index in [4.69, 9.17) is 9.84 Å². The zero-order valence-corrected chi connectivity index (χ0v) is 23.2. The fourth-order valence-corrected chi connectivity index (χ4v) is 6.19. The largest absolute Gasteiger partial charge is 0.489 e. The lowest BCUT2D eigenvalue weighted by Crippen LogP contribution is -2.36. The summed E-state index contributed by atoms with van der Waals surface area (Å²) in [5, 5.41) is 24.9. The van der Waals surface area contributed by atoms with Crippen LogP contribution >= 0.6 is 0 Å². The molecule has 2 aromatic rings. The maximum Gasteiger partial charge on any atom is 0.274 e. The predicted octanol–water partition coefficient (Wildman–Crippen LogP) is 2.10. The molecule has 1 amide bonds. The Balaban J connectivity index is 1.45. The minimum Gasteiger partial charge on any atom is -0.489 e. The van der Waals surface area contributed by atoms with Crippen molar-refractivity contribution in [2.45, 2.75) is 56.4 Å². The zero-order chi connectivity index (χ0) is 27.8. The molecular weight excluding hydrogens is 522 g/mol. The molecule has 1 aliphatic carbocycles. The lowest BCUT2D eigenvalue weighted by molar-refractivity contribution is 0.102. The third-order valence-corrected chi connectivity index (χ3v) is 9.26. The van der Waals surface area contributed by atoms with Gasteiger partial charge in [0.1, 0.15) is 5.69 Å². The lowest BCUT2D eigenvalue weighted by Gasteiger charge is -2.35. The average Bonchev–Trinajstić information content (AvgIpc) is 3.48. The van der Waals surface area contributed by atoms with Crippen LogP contribution in [0.25, 0.3) is 0 Å². The fourth-order valence-electron chi connectivity index (χ4n) is 5.15. The van der Waals surface area contributed by atoms with Crippen LogP contribution in [0.3, 0.4) is 0 Å². The SMILES string of the molecule is CC(C)(CO)Nc1nc(C(=O)Nc2ccc(S(=O)(=O)NCCO)cc2N2CCC3(CC2)CC3)cc2c1OCC2. The molecule has 5 rings (SSSR count). The standard InChI is InChI=1S/C27H37N5O6S/c1-26(2,17-34)31-24-23-18(5-14-38-23)15-21(29-24)25(35)30-20-4-3-19(39(36,37)28-10-13-33)16-22(20)32-11-8-27(6-7-27)9-12-32/h3-4,15-16,28,33-34H,5-14,17H2,1-2H3,(H,29,31)(H,30,35). The molecule has 39 heavy (non-hydrogen) atoms. The minimum absolute atomic E-state index is 0.0705. The van der Waals surface area contributed by atoms with Gasteiger partial charge in [-0.15, -0.1) is 0 Å². The Bertz CT molecular complexity index is 1350. The number of anilines is 3. The number of benzene rings is 1. The van der Waals surface area contributed by atoms with E-state index in [1.807, 2.05) is 13.8 Å². The molecule has 1 saturated carbocycles. The number of aromatic nitrogens is 1. The lowest BCUT2D eigenvalue weighted by atomic mass is 9.93. The molecule has 2 fully saturated rings. The molecular formula is C27H37N5O6S. The molecule has 5 N–H and O–H groups in total. The summed E-state index contributed by atoms with van der Waals surface area (Å²) in [5.41, 5.74) is 1.93. The summed E-state index contributed by atoms with van der Waals surface area (Å²) in [4.78, 5) is 20.2. The minimum atomic E-state index is -3.83. The van der Waals surface area contributed by atoms with Gasteiger partial charge in [-0.05, 0) is 69.2 Å². The van der Waals surface area contributed by atoms with Crippen LogP contribution in [-0.2, 0) is 16.4 Å². The summed E-state index contributed by atoms with van der Waals surface area (Å²) < 4.78 is 33.7. The molecule has 11 nitrogen and oxygen atoms in total. The number of ether oxygens (including phenoxy) is 1. The van der Waals surface area contributed by atoms with Crippen LogP contribution in [0.15, 0.2) is 29.2 Å². The predicted molar refractivity (Wildman–Crippen MR) is 148 cm³/mol. The Morgan fingerprint density at radius 3 is 2.56 bits per heavy atom. The Morgan fingerprint density at radius 1 is 1.15 bits per heavy atom. The van der Waals surface area contributed by atoms with E-state index in [2.05, 4.69) is 25.2 Å². The normalized spacial score (nSPS) is 18.0. The molecule has 3 aliphatic rings. The third-order valence-electron chi connectivity index (χ3n) is 7.81. The zero-order valence-electron chi connectivity index (χ0n) is 22.4. The quantitative estimate of drug-likeness (QED) is 0.295. The maximum absolute atomic E-state index is 13.5. The van der Waals surface area contributed by atoms with Crippen LogP contribution in [0.2, 0.25) is 0 Å². The number of sulfonamides is 1. The van der Waals surface area contributed by atoms with E-state index in [0.717, 1.165) is 31.5 Å². The first-order valence-corrected chi connectivity index (χ1v) is 14.9. The molecule has 212 valence electrons. The van der Waals surface area contributed by atoms with Crippen LogP contribution in [0.1, 0.15) is 55.6 Å². The Kier molecular flexibility index (Phi) is 7.49. The van der Waals surface area contributed by atoms with E-state index < -0.39 is 21.5 Å². The van der Waals surface area contributed by atoms with Crippen molar-refractivity contribution in [1.29, 1.82) is 0 Å². The van der Waals surface area contributed by atoms with E-state index in [1.165, 1.54) is 18.9 Å². The molecule has 0 unspecified atom stereocenters. The Morgan fingerprint density at radius 2 is 1.90 bits per heavy atom. The Labute approximate surface area is 229 Å². The summed E-state index contributed by atoms with van der Waals surface area (Å²) in [5.74, 6) is 0.554. The second-order valence-electron chi connectivity index (χ2n) is 11.4. The second-order valence-corrected chi connectivity index (χ2v) is 13.1. The number of aliphatic hydroxyl groups excluding tert-OH is 2. The number of piperidine rings is 1. The molecule has 1 aromatic carbocycles. The first-order chi connectivity index (χ1) is 18.5.